The Labute approximate surface area is 112 Å². The number of hydrogen-bond donors (Lipinski definition) is 3. The van der Waals surface area contributed by atoms with Gasteiger partial charge in [0.1, 0.15) is 0 Å². The third kappa shape index (κ3) is 5.62. The van der Waals surface area contributed by atoms with Gasteiger partial charge in [0.2, 0.25) is 0 Å². The quantitative estimate of drug-likeness (QED) is 0.685. The van der Waals surface area contributed by atoms with E-state index in [1.54, 1.807) is 13.8 Å². The topological polar surface area (TPSA) is 84.2 Å². The summed E-state index contributed by atoms with van der Waals surface area (Å²) in [4.78, 5) is 1.79. The maximum Gasteiger partial charge on any atom is 0.277 e. The summed E-state index contributed by atoms with van der Waals surface area (Å²) in [5, 5.41) is 0. The Hall–Kier alpha value is -0.910. The van der Waals surface area contributed by atoms with E-state index in [4.69, 9.17) is 5.73 Å². The molecule has 7 heteroatoms. The van der Waals surface area contributed by atoms with E-state index in [0.717, 1.165) is 9.75 Å². The molecule has 4 N–H and O–H groups in total. The summed E-state index contributed by atoms with van der Waals surface area (Å²) in [5.74, 6) is 5.66. The van der Waals surface area contributed by atoms with Gasteiger partial charge in [0.25, 0.3) is 10.2 Å². The van der Waals surface area contributed by atoms with Crippen LogP contribution in [0.1, 0.15) is 23.6 Å². The molecule has 0 atom stereocenters. The van der Waals surface area contributed by atoms with Gasteiger partial charge in [-0.05, 0) is 26.0 Å². The van der Waals surface area contributed by atoms with Crippen molar-refractivity contribution in [3.05, 3.63) is 21.9 Å². The molecule has 1 aromatic heterocycles. The molecule has 0 amide bonds. The molecule has 0 aliphatic rings. The van der Waals surface area contributed by atoms with Crippen LogP contribution in [-0.2, 0) is 16.8 Å². The minimum Gasteiger partial charge on any atom is -0.320 e. The molecule has 0 aromatic carbocycles. The lowest BCUT2D eigenvalue weighted by Crippen LogP contribution is -2.39. The highest BCUT2D eigenvalue weighted by atomic mass is 32.2. The molecular formula is C11H17N3O2S2. The molecule has 0 bridgehead atoms. The second kappa shape index (κ2) is 6.87. The lowest BCUT2D eigenvalue weighted by Gasteiger charge is -2.09. The highest BCUT2D eigenvalue weighted by molar-refractivity contribution is 7.87. The maximum atomic E-state index is 11.5. The van der Waals surface area contributed by atoms with Crippen LogP contribution in [0.25, 0.3) is 0 Å². The number of hydrogen-bond acceptors (Lipinski definition) is 4. The van der Waals surface area contributed by atoms with Crippen LogP contribution < -0.4 is 15.2 Å². The maximum absolute atomic E-state index is 11.5. The van der Waals surface area contributed by atoms with Crippen molar-refractivity contribution in [2.45, 2.75) is 26.4 Å². The van der Waals surface area contributed by atoms with Crippen molar-refractivity contribution < 1.29 is 8.42 Å². The van der Waals surface area contributed by atoms with E-state index in [9.17, 15) is 8.42 Å². The molecule has 18 heavy (non-hydrogen) atoms. The molecule has 0 aliphatic carbocycles. The van der Waals surface area contributed by atoms with Crippen LogP contribution in [0.15, 0.2) is 12.1 Å². The summed E-state index contributed by atoms with van der Waals surface area (Å²) >= 11 is 1.45. The zero-order chi connectivity index (χ0) is 13.6. The molecule has 1 aromatic rings. The van der Waals surface area contributed by atoms with Crippen molar-refractivity contribution in [1.29, 1.82) is 0 Å². The molecular weight excluding hydrogens is 270 g/mol. The van der Waals surface area contributed by atoms with Gasteiger partial charge in [-0.25, -0.2) is 0 Å². The predicted molar refractivity (Wildman–Crippen MR) is 74.3 cm³/mol. The summed E-state index contributed by atoms with van der Waals surface area (Å²) < 4.78 is 28.0. The fourth-order valence-electron chi connectivity index (χ4n) is 1.20. The standard InChI is InChI=1S/C11H17N3O2S2/c1-9(2)14-18(15,16)13-8-11-6-5-10(17-11)4-3-7-12/h5-6,9,13-14H,7-8,12H2,1-2H3. The normalized spacial score (nSPS) is 11.3. The summed E-state index contributed by atoms with van der Waals surface area (Å²) in [6.07, 6.45) is 0. The Bertz CT molecular complexity index is 538. The number of nitrogens with two attached hydrogens (primary N) is 1. The van der Waals surface area contributed by atoms with Crippen LogP contribution in [0.2, 0.25) is 0 Å². The molecule has 0 unspecified atom stereocenters. The molecule has 1 heterocycles. The second-order valence-electron chi connectivity index (χ2n) is 3.87. The Morgan fingerprint density at radius 2 is 2.17 bits per heavy atom. The number of thiophene rings is 1. The van der Waals surface area contributed by atoms with E-state index >= 15 is 0 Å². The van der Waals surface area contributed by atoms with Crippen molar-refractivity contribution >= 4 is 21.5 Å². The van der Waals surface area contributed by atoms with Crippen molar-refractivity contribution in [3.63, 3.8) is 0 Å². The first-order valence-electron chi connectivity index (χ1n) is 5.47. The average Bonchev–Trinajstić information content (AvgIpc) is 2.70. The molecule has 1 rings (SSSR count). The monoisotopic (exact) mass is 287 g/mol. The fraction of sp³-hybridized carbons (Fsp3) is 0.455. The Kier molecular flexibility index (Phi) is 5.78. The van der Waals surface area contributed by atoms with Crippen molar-refractivity contribution in [1.82, 2.24) is 9.44 Å². The van der Waals surface area contributed by atoms with Crippen LogP contribution in [0, 0.1) is 11.8 Å². The summed E-state index contributed by atoms with van der Waals surface area (Å²) in [6, 6.07) is 3.58. The van der Waals surface area contributed by atoms with Gasteiger partial charge in [-0.1, -0.05) is 11.8 Å². The van der Waals surface area contributed by atoms with Gasteiger partial charge in [0.05, 0.1) is 11.4 Å². The van der Waals surface area contributed by atoms with Crippen LogP contribution >= 0.6 is 11.3 Å². The highest BCUT2D eigenvalue weighted by Gasteiger charge is 2.11. The zero-order valence-corrected chi connectivity index (χ0v) is 12.0. The number of nitrogens with one attached hydrogen (secondary N) is 2. The summed E-state index contributed by atoms with van der Waals surface area (Å²) in [6.45, 7) is 4.12. The highest BCUT2D eigenvalue weighted by Crippen LogP contribution is 2.15. The smallest absolute Gasteiger partial charge is 0.277 e. The van der Waals surface area contributed by atoms with Gasteiger partial charge in [-0.3, -0.25) is 0 Å². The molecule has 5 nitrogen and oxygen atoms in total. The van der Waals surface area contributed by atoms with E-state index < -0.39 is 10.2 Å². The van der Waals surface area contributed by atoms with E-state index in [1.807, 2.05) is 12.1 Å². The molecule has 0 saturated carbocycles. The zero-order valence-electron chi connectivity index (χ0n) is 10.4. The molecule has 0 saturated heterocycles. The first-order valence-corrected chi connectivity index (χ1v) is 7.77. The number of rotatable bonds is 5. The van der Waals surface area contributed by atoms with E-state index in [1.165, 1.54) is 11.3 Å². The van der Waals surface area contributed by atoms with Crippen LogP contribution in [0.3, 0.4) is 0 Å². The SMILES string of the molecule is CC(C)NS(=O)(=O)NCc1ccc(C#CCN)s1. The second-order valence-corrected chi connectivity index (χ2v) is 6.57. The molecule has 0 fully saturated rings. The van der Waals surface area contributed by atoms with Crippen LogP contribution in [-0.4, -0.2) is 21.0 Å². The van der Waals surface area contributed by atoms with Crippen molar-refractivity contribution in [2.75, 3.05) is 6.54 Å². The lowest BCUT2D eigenvalue weighted by atomic mass is 10.4. The molecule has 0 radical (unpaired) electrons. The fourth-order valence-corrected chi connectivity index (χ4v) is 3.16. The Morgan fingerprint density at radius 1 is 1.44 bits per heavy atom. The largest absolute Gasteiger partial charge is 0.320 e. The average molecular weight is 287 g/mol. The van der Waals surface area contributed by atoms with Gasteiger partial charge >= 0.3 is 0 Å². The Morgan fingerprint density at radius 3 is 2.78 bits per heavy atom. The minimum atomic E-state index is -3.44. The van der Waals surface area contributed by atoms with E-state index in [2.05, 4.69) is 21.3 Å². The Balaban J connectivity index is 2.56. The summed E-state index contributed by atoms with van der Waals surface area (Å²) in [5.41, 5.74) is 5.28. The van der Waals surface area contributed by atoms with Crippen molar-refractivity contribution in [3.8, 4) is 11.8 Å². The van der Waals surface area contributed by atoms with E-state index in [-0.39, 0.29) is 12.6 Å². The minimum absolute atomic E-state index is 0.128. The lowest BCUT2D eigenvalue weighted by molar-refractivity contribution is 0.555. The van der Waals surface area contributed by atoms with Crippen LogP contribution in [0.4, 0.5) is 0 Å². The third-order valence-electron chi connectivity index (χ3n) is 1.80. The molecule has 100 valence electrons. The van der Waals surface area contributed by atoms with Gasteiger partial charge in [-0.15, -0.1) is 11.3 Å². The van der Waals surface area contributed by atoms with Crippen molar-refractivity contribution in [2.24, 2.45) is 5.73 Å². The van der Waals surface area contributed by atoms with E-state index in [0.29, 0.717) is 6.54 Å². The van der Waals surface area contributed by atoms with Gasteiger partial charge in [0.15, 0.2) is 0 Å². The van der Waals surface area contributed by atoms with Gasteiger partial charge < -0.3 is 5.73 Å². The third-order valence-corrected chi connectivity index (χ3v) is 4.11. The first kappa shape index (κ1) is 15.1. The van der Waals surface area contributed by atoms with Gasteiger partial charge in [-0.2, -0.15) is 17.9 Å². The first-order chi connectivity index (χ1) is 8.43. The summed E-state index contributed by atoms with van der Waals surface area (Å²) in [7, 11) is -3.44. The molecule has 0 spiro atoms. The molecule has 0 aliphatic heterocycles. The predicted octanol–water partition coefficient (Wildman–Crippen LogP) is 0.391. The van der Waals surface area contributed by atoms with Crippen LogP contribution in [0.5, 0.6) is 0 Å². The van der Waals surface area contributed by atoms with Gasteiger partial charge in [0, 0.05) is 17.5 Å².